The molecule has 3 aromatic rings. The van der Waals surface area contributed by atoms with Crippen LogP contribution < -0.4 is 38.1 Å². The van der Waals surface area contributed by atoms with Gasteiger partial charge in [0.05, 0.1) is 24.5 Å². The Hall–Kier alpha value is -5.76. The van der Waals surface area contributed by atoms with Gasteiger partial charge in [0.2, 0.25) is 35.4 Å². The number of aliphatic hydroxyl groups excluding tert-OH is 2. The summed E-state index contributed by atoms with van der Waals surface area (Å²) in [6, 6.07) is 8.29. The van der Waals surface area contributed by atoms with Gasteiger partial charge >= 0.3 is 0 Å². The number of hydrogen-bond acceptors (Lipinski definition) is 10. The average Bonchev–Trinajstić information content (AvgIpc) is 3.59. The lowest BCUT2D eigenvalue weighted by atomic mass is 9.82. The standard InChI is InChI=1S/C42H59F2N9O8/c1-24(48-26(3)55)38(58)49-25(2)39(59)51-33(20-35(46)56)41(61)50-32(40(60)47-16-15-45)14-17-53(36(57)23-54)37(42(4,5)6)34-18-28(30-19-29(43)12-13-31(30)44)22-52(34)21-27-10-8-7-9-11-27/h7-13,18-19,22,24-25,32-33,37,41,50,54,61H,14-17,20-21,23,45H2,1-6H3,(H2,46,56)(H,47,60)(H,48,55)(H,49,58)(H,51,59)/t24-,25+,32-,33-,37-,41?/m0/s1. The van der Waals surface area contributed by atoms with E-state index in [4.69, 9.17) is 11.5 Å². The van der Waals surface area contributed by atoms with E-state index in [0.717, 1.165) is 23.8 Å². The summed E-state index contributed by atoms with van der Waals surface area (Å²) in [5.74, 6) is -5.62. The number of carbonyl (C=O) groups is 6. The predicted octanol–water partition coefficient (Wildman–Crippen LogP) is 0.521. The van der Waals surface area contributed by atoms with Crippen molar-refractivity contribution in [2.24, 2.45) is 16.9 Å². The summed E-state index contributed by atoms with van der Waals surface area (Å²) in [5.41, 5.74) is 12.0. The summed E-state index contributed by atoms with van der Waals surface area (Å²) in [5, 5.41) is 34.4. The third-order valence-corrected chi connectivity index (χ3v) is 9.72. The monoisotopic (exact) mass is 855 g/mol. The molecule has 17 nitrogen and oxygen atoms in total. The van der Waals surface area contributed by atoms with E-state index in [-0.39, 0.29) is 38.2 Å². The molecule has 6 atom stereocenters. The number of nitrogens with two attached hydrogens (primary N) is 2. The lowest BCUT2D eigenvalue weighted by molar-refractivity contribution is -0.140. The van der Waals surface area contributed by atoms with Gasteiger partial charge in [-0.05, 0) is 55.5 Å². The first-order valence-corrected chi connectivity index (χ1v) is 19.8. The molecule has 0 radical (unpaired) electrons. The van der Waals surface area contributed by atoms with E-state index >= 15 is 4.39 Å². The molecule has 61 heavy (non-hydrogen) atoms. The summed E-state index contributed by atoms with van der Waals surface area (Å²) in [7, 11) is 0. The minimum absolute atomic E-state index is 0.00971. The Kier molecular flexibility index (Phi) is 18.5. The number of benzene rings is 2. The zero-order chi connectivity index (χ0) is 45.6. The normalized spacial score (nSPS) is 14.4. The Morgan fingerprint density at radius 1 is 0.902 bits per heavy atom. The highest BCUT2D eigenvalue weighted by molar-refractivity contribution is 5.91. The molecule has 1 aromatic heterocycles. The van der Waals surface area contributed by atoms with Crippen LogP contribution in [0, 0.1) is 17.0 Å². The van der Waals surface area contributed by atoms with Crippen LogP contribution >= 0.6 is 0 Å². The maximum Gasteiger partial charge on any atom is 0.248 e. The second-order valence-electron chi connectivity index (χ2n) is 15.9. The Labute approximate surface area is 354 Å². The van der Waals surface area contributed by atoms with Gasteiger partial charge in [-0.2, -0.15) is 0 Å². The number of aliphatic hydroxyl groups is 2. The van der Waals surface area contributed by atoms with Gasteiger partial charge in [0.1, 0.15) is 36.6 Å². The van der Waals surface area contributed by atoms with E-state index in [1.165, 1.54) is 25.7 Å². The molecule has 0 aliphatic carbocycles. The van der Waals surface area contributed by atoms with E-state index in [2.05, 4.69) is 26.6 Å². The minimum atomic E-state index is -1.81. The van der Waals surface area contributed by atoms with Crippen molar-refractivity contribution in [2.45, 2.75) is 97.4 Å². The highest BCUT2D eigenvalue weighted by Crippen LogP contribution is 2.41. The van der Waals surface area contributed by atoms with E-state index in [0.29, 0.717) is 11.3 Å². The van der Waals surface area contributed by atoms with Crippen LogP contribution in [0.15, 0.2) is 60.8 Å². The fourth-order valence-corrected chi connectivity index (χ4v) is 6.84. The minimum Gasteiger partial charge on any atom is -0.387 e. The van der Waals surface area contributed by atoms with Gasteiger partial charge in [-0.25, -0.2) is 8.78 Å². The van der Waals surface area contributed by atoms with Crippen LogP contribution in [0.3, 0.4) is 0 Å². The van der Waals surface area contributed by atoms with Gasteiger partial charge in [0.25, 0.3) is 0 Å². The van der Waals surface area contributed by atoms with Gasteiger partial charge in [-0.1, -0.05) is 51.1 Å². The van der Waals surface area contributed by atoms with E-state index in [1.54, 1.807) is 12.3 Å². The predicted molar refractivity (Wildman–Crippen MR) is 223 cm³/mol. The molecule has 0 aliphatic rings. The first kappa shape index (κ1) is 49.6. The maximum atomic E-state index is 15.2. The number of primary amides is 1. The number of aromatic nitrogens is 1. The summed E-state index contributed by atoms with van der Waals surface area (Å²) in [6.45, 7) is 8.73. The summed E-state index contributed by atoms with van der Waals surface area (Å²) < 4.78 is 31.5. The molecule has 0 fully saturated rings. The smallest absolute Gasteiger partial charge is 0.248 e. The van der Waals surface area contributed by atoms with Crippen molar-refractivity contribution in [2.75, 3.05) is 26.2 Å². The van der Waals surface area contributed by atoms with Crippen LogP contribution in [0.2, 0.25) is 0 Å². The summed E-state index contributed by atoms with van der Waals surface area (Å²) in [6.07, 6.45) is -0.960. The van der Waals surface area contributed by atoms with E-state index in [9.17, 15) is 43.4 Å². The third-order valence-electron chi connectivity index (χ3n) is 9.72. The maximum absolute atomic E-state index is 15.2. The van der Waals surface area contributed by atoms with Crippen molar-refractivity contribution in [3.63, 3.8) is 0 Å². The van der Waals surface area contributed by atoms with Crippen molar-refractivity contribution in [3.8, 4) is 11.1 Å². The van der Waals surface area contributed by atoms with Crippen LogP contribution in [0.1, 0.15) is 71.7 Å². The van der Waals surface area contributed by atoms with Crippen molar-refractivity contribution in [1.82, 2.24) is 36.1 Å². The molecule has 0 bridgehead atoms. The molecule has 0 spiro atoms. The van der Waals surface area contributed by atoms with Gasteiger partial charge < -0.3 is 52.4 Å². The molecule has 1 unspecified atom stereocenters. The van der Waals surface area contributed by atoms with Crippen molar-refractivity contribution in [1.29, 1.82) is 0 Å². The molecule has 19 heteroatoms. The fourth-order valence-electron chi connectivity index (χ4n) is 6.84. The molecule has 334 valence electrons. The second-order valence-corrected chi connectivity index (χ2v) is 15.9. The fraction of sp³-hybridized carbons (Fsp3) is 0.476. The molecule has 2 aromatic carbocycles. The van der Waals surface area contributed by atoms with E-state index < -0.39 is 102 Å². The first-order valence-electron chi connectivity index (χ1n) is 19.8. The largest absolute Gasteiger partial charge is 0.387 e. The topological polar surface area (TPSA) is 263 Å². The average molecular weight is 856 g/mol. The zero-order valence-electron chi connectivity index (χ0n) is 35.3. The quantitative estimate of drug-likeness (QED) is 0.0633. The number of rotatable bonds is 22. The SMILES string of the molecule is CC(=O)N[C@@H](C)C(=O)N[C@H](C)C(=O)N[C@@H](CC(N)=O)C(O)N[C@@H](CCN(C(=O)CO)[C@@H](c1cc(-c2cc(F)ccc2F)cn1Cc1ccccc1)C(C)(C)C)C(=O)NCCN. The molecule has 3 rings (SSSR count). The van der Waals surface area contributed by atoms with Gasteiger partial charge in [0, 0.05) is 56.1 Å². The van der Waals surface area contributed by atoms with Crippen molar-refractivity contribution >= 4 is 35.4 Å². The Bertz CT molecular complexity index is 1990. The molecular weight excluding hydrogens is 797 g/mol. The number of hydrogen-bond donors (Lipinski definition) is 9. The number of amides is 6. The van der Waals surface area contributed by atoms with Gasteiger partial charge in [-0.3, -0.25) is 34.1 Å². The van der Waals surface area contributed by atoms with Crippen LogP contribution in [0.5, 0.6) is 0 Å². The molecule has 0 saturated heterocycles. The Morgan fingerprint density at radius 2 is 1.54 bits per heavy atom. The summed E-state index contributed by atoms with van der Waals surface area (Å²) in [4.78, 5) is 78.0. The van der Waals surface area contributed by atoms with Crippen LogP contribution in [0.4, 0.5) is 8.78 Å². The van der Waals surface area contributed by atoms with Crippen LogP contribution in [0.25, 0.3) is 11.1 Å². The first-order chi connectivity index (χ1) is 28.7. The van der Waals surface area contributed by atoms with Crippen LogP contribution in [-0.2, 0) is 35.3 Å². The molecule has 11 N–H and O–H groups in total. The van der Waals surface area contributed by atoms with Crippen LogP contribution in [-0.4, -0.2) is 112 Å². The molecule has 6 amide bonds. The van der Waals surface area contributed by atoms with Gasteiger partial charge in [0.15, 0.2) is 0 Å². The molecule has 0 saturated carbocycles. The lowest BCUT2D eigenvalue weighted by Gasteiger charge is -2.41. The lowest BCUT2D eigenvalue weighted by Crippen LogP contribution is -2.60. The second kappa shape index (κ2) is 22.7. The number of nitrogens with zero attached hydrogens (tertiary/aromatic N) is 2. The number of halogens is 2. The van der Waals surface area contributed by atoms with Gasteiger partial charge in [-0.15, -0.1) is 0 Å². The van der Waals surface area contributed by atoms with Crippen molar-refractivity contribution < 1.29 is 47.8 Å². The number of nitrogens with one attached hydrogen (secondary N) is 5. The highest BCUT2D eigenvalue weighted by Gasteiger charge is 2.38. The molecule has 0 aliphatic heterocycles. The number of carbonyl (C=O) groups excluding carboxylic acids is 6. The Balaban J connectivity index is 2.02. The zero-order valence-corrected chi connectivity index (χ0v) is 35.3. The van der Waals surface area contributed by atoms with E-state index in [1.807, 2.05) is 55.7 Å². The third kappa shape index (κ3) is 14.7. The summed E-state index contributed by atoms with van der Waals surface area (Å²) >= 11 is 0. The Morgan fingerprint density at radius 3 is 2.13 bits per heavy atom. The molecule has 1 heterocycles. The highest BCUT2D eigenvalue weighted by atomic mass is 19.1. The van der Waals surface area contributed by atoms with Crippen molar-refractivity contribution in [3.05, 3.63) is 83.7 Å². The molecular formula is C42H59F2N9O8.